The smallest absolute Gasteiger partial charge is 0.319 e. The summed E-state index contributed by atoms with van der Waals surface area (Å²) in [7, 11) is 0. The molecule has 7 nitrogen and oxygen atoms in total. The van der Waals surface area contributed by atoms with E-state index in [1.165, 1.54) is 12.1 Å². The number of ether oxygens (including phenoxy) is 1. The second-order valence-electron chi connectivity index (χ2n) is 5.79. The Morgan fingerprint density at radius 2 is 2.08 bits per heavy atom. The molecule has 0 saturated carbocycles. The molecule has 0 unspecified atom stereocenters. The Hall–Kier alpha value is -2.75. The van der Waals surface area contributed by atoms with Crippen LogP contribution < -0.4 is 21.1 Å². The van der Waals surface area contributed by atoms with Crippen molar-refractivity contribution in [1.82, 2.24) is 9.69 Å². The number of anilines is 1. The van der Waals surface area contributed by atoms with Crippen molar-refractivity contribution in [3.8, 4) is 5.88 Å². The summed E-state index contributed by atoms with van der Waals surface area (Å²) in [5, 5.41) is 5.20. The molecule has 1 heterocycles. The average Bonchev–Trinajstić information content (AvgIpc) is 2.97. The maximum atomic E-state index is 13.7. The van der Waals surface area contributed by atoms with Crippen LogP contribution in [0.4, 0.5) is 18.6 Å². The van der Waals surface area contributed by atoms with Gasteiger partial charge in [-0.2, -0.15) is 4.37 Å². The van der Waals surface area contributed by atoms with Crippen LogP contribution in [0.15, 0.2) is 18.2 Å². The van der Waals surface area contributed by atoms with E-state index in [1.54, 1.807) is 0 Å². The second-order valence-corrected chi connectivity index (χ2v) is 6.56. The van der Waals surface area contributed by atoms with Gasteiger partial charge >= 0.3 is 6.03 Å². The minimum absolute atomic E-state index is 0.0439. The molecule has 1 aromatic carbocycles. The molecule has 2 rings (SSSR count). The number of nitrogens with one attached hydrogen (secondary N) is 2. The summed E-state index contributed by atoms with van der Waals surface area (Å²) in [4.78, 5) is 23.5. The SMILES string of the molecule is CC(C)CNC(=O)Nc1snc(OCc2cccc(F)c2F)c1C(N)=O. The van der Waals surface area contributed by atoms with Crippen LogP contribution in [0.3, 0.4) is 0 Å². The number of urea groups is 1. The fourth-order valence-corrected chi connectivity index (χ4v) is 2.66. The number of hydrogen-bond donors (Lipinski definition) is 3. The van der Waals surface area contributed by atoms with Crippen LogP contribution in [0.5, 0.6) is 5.88 Å². The van der Waals surface area contributed by atoms with Gasteiger partial charge < -0.3 is 15.8 Å². The molecule has 10 heteroatoms. The molecule has 0 radical (unpaired) electrons. The molecule has 0 spiro atoms. The predicted molar refractivity (Wildman–Crippen MR) is 93.2 cm³/mol. The van der Waals surface area contributed by atoms with Gasteiger partial charge in [-0.1, -0.05) is 26.0 Å². The van der Waals surface area contributed by atoms with Gasteiger partial charge in [-0.25, -0.2) is 13.6 Å². The van der Waals surface area contributed by atoms with Gasteiger partial charge in [-0.3, -0.25) is 10.1 Å². The predicted octanol–water partition coefficient (Wildman–Crippen LogP) is 2.88. The number of rotatable bonds is 7. The normalized spacial score (nSPS) is 10.7. The summed E-state index contributed by atoms with van der Waals surface area (Å²) in [6.07, 6.45) is 0. The van der Waals surface area contributed by atoms with Gasteiger partial charge in [0.05, 0.1) is 0 Å². The van der Waals surface area contributed by atoms with Crippen LogP contribution in [0.1, 0.15) is 29.8 Å². The van der Waals surface area contributed by atoms with E-state index < -0.39 is 23.6 Å². The van der Waals surface area contributed by atoms with Crippen molar-refractivity contribution in [2.75, 3.05) is 11.9 Å². The minimum Gasteiger partial charge on any atom is -0.471 e. The molecule has 140 valence electrons. The Morgan fingerprint density at radius 1 is 1.35 bits per heavy atom. The quantitative estimate of drug-likeness (QED) is 0.682. The topological polar surface area (TPSA) is 106 Å². The average molecular weight is 384 g/mol. The molecule has 2 aromatic rings. The Kier molecular flexibility index (Phi) is 6.45. The Labute approximate surface area is 152 Å². The van der Waals surface area contributed by atoms with Gasteiger partial charge in [0.1, 0.15) is 17.2 Å². The van der Waals surface area contributed by atoms with Crippen LogP contribution in [-0.4, -0.2) is 22.9 Å². The monoisotopic (exact) mass is 384 g/mol. The molecule has 4 N–H and O–H groups in total. The number of carbonyl (C=O) groups excluding carboxylic acids is 2. The van der Waals surface area contributed by atoms with E-state index >= 15 is 0 Å². The fraction of sp³-hybridized carbons (Fsp3) is 0.312. The minimum atomic E-state index is -1.05. The zero-order valence-electron chi connectivity index (χ0n) is 14.1. The Balaban J connectivity index is 2.12. The molecule has 0 aliphatic rings. The maximum Gasteiger partial charge on any atom is 0.319 e. The van der Waals surface area contributed by atoms with Gasteiger partial charge in [0.15, 0.2) is 11.6 Å². The second kappa shape index (κ2) is 8.56. The van der Waals surface area contributed by atoms with Gasteiger partial charge in [0.25, 0.3) is 5.91 Å². The number of aromatic nitrogens is 1. The van der Waals surface area contributed by atoms with Crippen molar-refractivity contribution < 1.29 is 23.1 Å². The Bertz CT molecular complexity index is 811. The summed E-state index contributed by atoms with van der Waals surface area (Å²) in [6.45, 7) is 3.95. The number of nitrogens with zero attached hydrogens (tertiary/aromatic N) is 1. The first-order chi connectivity index (χ1) is 12.3. The van der Waals surface area contributed by atoms with Crippen molar-refractivity contribution in [3.05, 3.63) is 41.0 Å². The van der Waals surface area contributed by atoms with E-state index in [-0.39, 0.29) is 34.5 Å². The number of nitrogens with two attached hydrogens (primary N) is 1. The van der Waals surface area contributed by atoms with E-state index in [0.29, 0.717) is 6.54 Å². The highest BCUT2D eigenvalue weighted by Gasteiger charge is 2.22. The van der Waals surface area contributed by atoms with Crippen molar-refractivity contribution in [3.63, 3.8) is 0 Å². The molecule has 0 aliphatic heterocycles. The largest absolute Gasteiger partial charge is 0.471 e. The third kappa shape index (κ3) is 4.88. The highest BCUT2D eigenvalue weighted by Crippen LogP contribution is 2.31. The summed E-state index contributed by atoms with van der Waals surface area (Å²) in [6, 6.07) is 3.13. The summed E-state index contributed by atoms with van der Waals surface area (Å²) in [5.74, 6) is -2.84. The van der Waals surface area contributed by atoms with Gasteiger partial charge in [-0.15, -0.1) is 0 Å². The fourth-order valence-electron chi connectivity index (χ4n) is 1.93. The first-order valence-corrected chi connectivity index (χ1v) is 8.47. The number of benzene rings is 1. The van der Waals surface area contributed by atoms with Crippen molar-refractivity contribution in [1.29, 1.82) is 0 Å². The summed E-state index contributed by atoms with van der Waals surface area (Å²) < 4.78 is 36.1. The molecular formula is C16H18F2N4O3S. The van der Waals surface area contributed by atoms with E-state index in [4.69, 9.17) is 10.5 Å². The van der Waals surface area contributed by atoms with Crippen LogP contribution in [-0.2, 0) is 6.61 Å². The molecule has 1 aromatic heterocycles. The molecule has 0 bridgehead atoms. The first-order valence-electron chi connectivity index (χ1n) is 7.69. The third-order valence-electron chi connectivity index (χ3n) is 3.20. The lowest BCUT2D eigenvalue weighted by atomic mass is 10.2. The van der Waals surface area contributed by atoms with Crippen LogP contribution >= 0.6 is 11.5 Å². The first kappa shape index (κ1) is 19.6. The van der Waals surface area contributed by atoms with Gasteiger partial charge in [0.2, 0.25) is 5.88 Å². The number of halogens is 2. The molecule has 0 atom stereocenters. The third-order valence-corrected chi connectivity index (χ3v) is 3.95. The maximum absolute atomic E-state index is 13.7. The number of carbonyl (C=O) groups is 2. The van der Waals surface area contributed by atoms with E-state index in [2.05, 4.69) is 15.0 Å². The van der Waals surface area contributed by atoms with E-state index in [1.807, 2.05) is 13.8 Å². The molecule has 0 saturated heterocycles. The highest BCUT2D eigenvalue weighted by molar-refractivity contribution is 7.11. The standard InChI is InChI=1S/C16H18F2N4O3S/c1-8(2)6-20-16(24)21-15-11(13(19)23)14(22-26-15)25-7-9-4-3-5-10(17)12(9)18/h3-5,8H,6-7H2,1-2H3,(H2,19,23)(H2,20,21,24). The van der Waals surface area contributed by atoms with Gasteiger partial charge in [-0.05, 0) is 23.5 Å². The number of hydrogen-bond acceptors (Lipinski definition) is 5. The molecule has 0 fully saturated rings. The van der Waals surface area contributed by atoms with E-state index in [0.717, 1.165) is 17.6 Å². The zero-order valence-corrected chi connectivity index (χ0v) is 15.0. The van der Waals surface area contributed by atoms with Crippen LogP contribution in [0.25, 0.3) is 0 Å². The lowest BCUT2D eigenvalue weighted by molar-refractivity contribution is 0.0996. The Morgan fingerprint density at radius 3 is 2.73 bits per heavy atom. The van der Waals surface area contributed by atoms with E-state index in [9.17, 15) is 18.4 Å². The summed E-state index contributed by atoms with van der Waals surface area (Å²) >= 11 is 0.794. The van der Waals surface area contributed by atoms with Crippen molar-refractivity contribution in [2.45, 2.75) is 20.5 Å². The van der Waals surface area contributed by atoms with Crippen LogP contribution in [0, 0.1) is 17.6 Å². The molecule has 3 amide bonds. The highest BCUT2D eigenvalue weighted by atomic mass is 32.1. The van der Waals surface area contributed by atoms with Gasteiger partial charge in [0, 0.05) is 12.1 Å². The lowest BCUT2D eigenvalue weighted by Crippen LogP contribution is -2.32. The summed E-state index contributed by atoms with van der Waals surface area (Å²) in [5.41, 5.74) is 5.15. The zero-order chi connectivity index (χ0) is 19.3. The number of amides is 3. The van der Waals surface area contributed by atoms with Crippen molar-refractivity contribution >= 4 is 28.5 Å². The molecule has 26 heavy (non-hydrogen) atoms. The lowest BCUT2D eigenvalue weighted by Gasteiger charge is -2.09. The van der Waals surface area contributed by atoms with Crippen LogP contribution in [0.2, 0.25) is 0 Å². The van der Waals surface area contributed by atoms with Crippen molar-refractivity contribution in [2.24, 2.45) is 11.7 Å². The number of primary amides is 1. The molecule has 0 aliphatic carbocycles. The molecular weight excluding hydrogens is 366 g/mol.